The van der Waals surface area contributed by atoms with Crippen LogP contribution in [0, 0.1) is 13.8 Å². The number of thiazole rings is 1. The summed E-state index contributed by atoms with van der Waals surface area (Å²) in [5.41, 5.74) is 1.17. The van der Waals surface area contributed by atoms with Crippen molar-refractivity contribution in [1.82, 2.24) is 10.3 Å². The first-order chi connectivity index (χ1) is 10.5. The van der Waals surface area contributed by atoms with Crippen molar-refractivity contribution in [3.05, 3.63) is 37.5 Å². The number of carbonyl (C=O) groups excluding carboxylic acids is 1. The van der Waals surface area contributed by atoms with Crippen molar-refractivity contribution < 1.29 is 14.3 Å². The summed E-state index contributed by atoms with van der Waals surface area (Å²) in [7, 11) is 0. The van der Waals surface area contributed by atoms with Gasteiger partial charge in [-0.05, 0) is 32.4 Å². The molecule has 118 valence electrons. The summed E-state index contributed by atoms with van der Waals surface area (Å²) in [6, 6.07) is 2.10. The first kappa shape index (κ1) is 15.6. The average Bonchev–Trinajstić information content (AvgIpc) is 3.17. The zero-order valence-corrected chi connectivity index (χ0v) is 14.3. The molecule has 1 amide bonds. The Hall–Kier alpha value is -1.28. The topological polar surface area (TPSA) is 60.5 Å². The van der Waals surface area contributed by atoms with Crippen LogP contribution in [0.15, 0.2) is 12.3 Å². The minimum atomic E-state index is -0.425. The lowest BCUT2D eigenvalue weighted by molar-refractivity contribution is -0.0442. The minimum absolute atomic E-state index is 0.0259. The van der Waals surface area contributed by atoms with E-state index in [1.54, 1.807) is 17.5 Å². The first-order valence-corrected chi connectivity index (χ1v) is 8.74. The summed E-state index contributed by atoms with van der Waals surface area (Å²) in [6.07, 6.45) is 1.16. The molecule has 0 aromatic carbocycles. The van der Waals surface area contributed by atoms with E-state index in [-0.39, 0.29) is 11.9 Å². The Morgan fingerprint density at radius 1 is 1.36 bits per heavy atom. The molecule has 7 heteroatoms. The zero-order chi connectivity index (χ0) is 15.7. The number of aromatic nitrogens is 1. The maximum absolute atomic E-state index is 12.4. The quantitative estimate of drug-likeness (QED) is 0.928. The highest BCUT2D eigenvalue weighted by atomic mass is 32.1. The van der Waals surface area contributed by atoms with Gasteiger partial charge in [-0.1, -0.05) is 0 Å². The van der Waals surface area contributed by atoms with Crippen LogP contribution in [0.1, 0.15) is 49.3 Å². The minimum Gasteiger partial charge on any atom is -0.345 e. The fraction of sp³-hybridized carbons (Fsp3) is 0.467. The highest BCUT2D eigenvalue weighted by molar-refractivity contribution is 7.13. The van der Waals surface area contributed by atoms with Crippen molar-refractivity contribution in [2.24, 2.45) is 0 Å². The van der Waals surface area contributed by atoms with E-state index < -0.39 is 6.29 Å². The van der Waals surface area contributed by atoms with Crippen LogP contribution in [-0.4, -0.2) is 24.1 Å². The first-order valence-electron chi connectivity index (χ1n) is 7.11. The molecule has 0 saturated carbocycles. The molecule has 2 aromatic heterocycles. The largest absolute Gasteiger partial charge is 0.345 e. The van der Waals surface area contributed by atoms with Crippen LogP contribution in [0.25, 0.3) is 0 Å². The number of ether oxygens (including phenoxy) is 2. The molecule has 3 heterocycles. The molecule has 5 nitrogen and oxygen atoms in total. The van der Waals surface area contributed by atoms with E-state index in [0.717, 1.165) is 0 Å². The maximum atomic E-state index is 12.4. The summed E-state index contributed by atoms with van der Waals surface area (Å²) >= 11 is 3.06. The number of hydrogen-bond acceptors (Lipinski definition) is 6. The number of aryl methyl sites for hydroxylation is 2. The van der Waals surface area contributed by atoms with Crippen LogP contribution in [0.5, 0.6) is 0 Å². The van der Waals surface area contributed by atoms with Gasteiger partial charge in [0.25, 0.3) is 5.91 Å². The number of carbonyl (C=O) groups is 1. The molecule has 1 saturated heterocycles. The maximum Gasteiger partial charge on any atom is 0.263 e. The number of nitrogens with one attached hydrogen (secondary N) is 1. The molecular weight excluding hydrogens is 320 g/mol. The van der Waals surface area contributed by atoms with Gasteiger partial charge in [0.05, 0.1) is 25.5 Å². The van der Waals surface area contributed by atoms with E-state index in [1.165, 1.54) is 26.7 Å². The van der Waals surface area contributed by atoms with Gasteiger partial charge in [0.15, 0.2) is 0 Å². The molecule has 2 aromatic rings. The number of thiophene rings is 1. The Bertz CT molecular complexity index is 674. The number of nitrogens with zero attached hydrogens (tertiary/aromatic N) is 1. The van der Waals surface area contributed by atoms with Crippen LogP contribution in [0.4, 0.5) is 0 Å². The Morgan fingerprint density at radius 3 is 2.73 bits per heavy atom. The Balaban J connectivity index is 1.67. The molecule has 1 fully saturated rings. The van der Waals surface area contributed by atoms with Gasteiger partial charge in [0, 0.05) is 9.75 Å². The third-order valence-electron chi connectivity index (χ3n) is 3.46. The van der Waals surface area contributed by atoms with Gasteiger partial charge >= 0.3 is 0 Å². The lowest BCUT2D eigenvalue weighted by Gasteiger charge is -2.13. The SMILES string of the molecule is Cc1cc([C@H](C)NC(=O)c2cnc(C3OCCO3)s2)c(C)s1. The molecule has 0 spiro atoms. The van der Waals surface area contributed by atoms with E-state index in [1.807, 2.05) is 6.92 Å². The molecule has 0 unspecified atom stereocenters. The van der Waals surface area contributed by atoms with Crippen molar-refractivity contribution in [2.75, 3.05) is 13.2 Å². The Labute approximate surface area is 137 Å². The summed E-state index contributed by atoms with van der Waals surface area (Å²) in [4.78, 5) is 19.7. The van der Waals surface area contributed by atoms with Gasteiger partial charge in [0.1, 0.15) is 9.88 Å². The van der Waals surface area contributed by atoms with Crippen LogP contribution < -0.4 is 5.32 Å². The molecule has 0 aliphatic carbocycles. The number of hydrogen-bond donors (Lipinski definition) is 1. The predicted molar refractivity (Wildman–Crippen MR) is 86.4 cm³/mol. The van der Waals surface area contributed by atoms with Crippen molar-refractivity contribution in [2.45, 2.75) is 33.1 Å². The highest BCUT2D eigenvalue weighted by Crippen LogP contribution is 2.29. The van der Waals surface area contributed by atoms with Gasteiger partial charge < -0.3 is 14.8 Å². The Kier molecular flexibility index (Phi) is 4.58. The van der Waals surface area contributed by atoms with Crippen molar-refractivity contribution in [3.8, 4) is 0 Å². The van der Waals surface area contributed by atoms with Crippen LogP contribution in [-0.2, 0) is 9.47 Å². The fourth-order valence-corrected chi connectivity index (χ4v) is 4.27. The number of amides is 1. The summed E-state index contributed by atoms with van der Waals surface area (Å²) in [5.74, 6) is -0.113. The van der Waals surface area contributed by atoms with Gasteiger partial charge in [0.2, 0.25) is 6.29 Å². The third-order valence-corrected chi connectivity index (χ3v) is 5.46. The van der Waals surface area contributed by atoms with Gasteiger partial charge in [-0.2, -0.15) is 0 Å². The normalized spacial score (nSPS) is 16.9. The molecule has 1 aliphatic rings. The van der Waals surface area contributed by atoms with Crippen molar-refractivity contribution in [3.63, 3.8) is 0 Å². The number of rotatable bonds is 4. The molecular formula is C15H18N2O3S2. The molecule has 1 atom stereocenters. The van der Waals surface area contributed by atoms with E-state index in [9.17, 15) is 4.79 Å². The fourth-order valence-electron chi connectivity index (χ4n) is 2.43. The van der Waals surface area contributed by atoms with E-state index in [4.69, 9.17) is 9.47 Å². The standard InChI is InChI=1S/C15H18N2O3S2/c1-8-6-11(10(3)21-8)9(2)17-13(18)12-7-16-14(22-12)15-19-4-5-20-15/h6-7,9,15H,4-5H2,1-3H3,(H,17,18)/t9-/m0/s1. The summed E-state index contributed by atoms with van der Waals surface area (Å²) in [6.45, 7) is 7.29. The third kappa shape index (κ3) is 3.22. The molecule has 0 radical (unpaired) electrons. The summed E-state index contributed by atoms with van der Waals surface area (Å²) < 4.78 is 10.8. The lowest BCUT2D eigenvalue weighted by atomic mass is 10.1. The molecule has 0 bridgehead atoms. The molecule has 3 rings (SSSR count). The van der Waals surface area contributed by atoms with Gasteiger partial charge in [-0.3, -0.25) is 4.79 Å². The summed E-state index contributed by atoms with van der Waals surface area (Å²) in [5, 5.41) is 3.72. The monoisotopic (exact) mass is 338 g/mol. The predicted octanol–water partition coefficient (Wildman–Crippen LogP) is 3.36. The lowest BCUT2D eigenvalue weighted by Crippen LogP contribution is -2.26. The second-order valence-electron chi connectivity index (χ2n) is 5.20. The Morgan fingerprint density at radius 2 is 2.09 bits per heavy atom. The van der Waals surface area contributed by atoms with E-state index >= 15 is 0 Å². The smallest absolute Gasteiger partial charge is 0.263 e. The highest BCUT2D eigenvalue weighted by Gasteiger charge is 2.24. The zero-order valence-electron chi connectivity index (χ0n) is 12.7. The second kappa shape index (κ2) is 6.45. The molecule has 1 aliphatic heterocycles. The van der Waals surface area contributed by atoms with Crippen LogP contribution in [0.3, 0.4) is 0 Å². The van der Waals surface area contributed by atoms with Gasteiger partial charge in [-0.25, -0.2) is 4.98 Å². The van der Waals surface area contributed by atoms with Crippen LogP contribution >= 0.6 is 22.7 Å². The molecule has 1 N–H and O–H groups in total. The van der Waals surface area contributed by atoms with E-state index in [2.05, 4.69) is 30.2 Å². The molecule has 22 heavy (non-hydrogen) atoms. The average molecular weight is 338 g/mol. The van der Waals surface area contributed by atoms with Gasteiger partial charge in [-0.15, -0.1) is 22.7 Å². The second-order valence-corrected chi connectivity index (χ2v) is 7.72. The van der Waals surface area contributed by atoms with Crippen LogP contribution in [0.2, 0.25) is 0 Å². The van der Waals surface area contributed by atoms with Crippen molar-refractivity contribution >= 4 is 28.6 Å². The van der Waals surface area contributed by atoms with E-state index in [0.29, 0.717) is 23.1 Å². The van der Waals surface area contributed by atoms with Crippen molar-refractivity contribution in [1.29, 1.82) is 0 Å².